The number of amides is 3. The maximum atomic E-state index is 11.4. The molecule has 1 aliphatic carbocycles. The molecule has 2 unspecified atom stereocenters. The highest BCUT2D eigenvalue weighted by Crippen LogP contribution is 2.31. The lowest BCUT2D eigenvalue weighted by Crippen LogP contribution is -2.40. The molecule has 1 saturated carbocycles. The van der Waals surface area contributed by atoms with Crippen LogP contribution in [0.3, 0.4) is 0 Å². The first-order chi connectivity index (χ1) is 9.00. The maximum Gasteiger partial charge on any atom is 0.314 e. The summed E-state index contributed by atoms with van der Waals surface area (Å²) in [5, 5.41) is 14.3. The Balaban J connectivity index is 2.16. The number of carboxylic acids is 1. The summed E-state index contributed by atoms with van der Waals surface area (Å²) in [6.07, 6.45) is 3.15. The highest BCUT2D eigenvalue weighted by Gasteiger charge is 2.32. The predicted octanol–water partition coefficient (Wildman–Crippen LogP) is 0.0520. The van der Waals surface area contributed by atoms with Gasteiger partial charge in [-0.3, -0.25) is 9.59 Å². The van der Waals surface area contributed by atoms with Gasteiger partial charge in [0.2, 0.25) is 5.91 Å². The van der Waals surface area contributed by atoms with Gasteiger partial charge in [0.25, 0.3) is 0 Å². The van der Waals surface area contributed by atoms with Crippen LogP contribution in [0.1, 0.15) is 32.1 Å². The molecule has 0 aromatic rings. The molecule has 0 aromatic carbocycles. The summed E-state index contributed by atoms with van der Waals surface area (Å²) in [6, 6.07) is -0.333. The molecule has 0 spiro atoms. The lowest BCUT2D eigenvalue weighted by molar-refractivity contribution is -0.142. The number of carboxylic acid groups (broad SMARTS) is 1. The molecule has 7 heteroatoms. The molecule has 1 rings (SSSR count). The standard InChI is InChI=1S/C12H21N3O4/c13-10(16)5-2-6-14-12(19)15-7-8-3-1-4-9(8)11(17)18/h8-9H,1-7H2,(H2,13,16)(H,17,18)(H2,14,15,19). The number of primary amides is 1. The number of carbonyl (C=O) groups is 3. The fraction of sp³-hybridized carbons (Fsp3) is 0.750. The molecule has 108 valence electrons. The Kier molecular flexibility index (Phi) is 6.11. The first-order valence-corrected chi connectivity index (χ1v) is 6.53. The SMILES string of the molecule is NC(=O)CCCNC(=O)NCC1CCCC1C(=O)O. The van der Waals surface area contributed by atoms with Crippen LogP contribution in [-0.2, 0) is 9.59 Å². The summed E-state index contributed by atoms with van der Waals surface area (Å²) in [5.74, 6) is -1.52. The second-order valence-corrected chi connectivity index (χ2v) is 4.84. The summed E-state index contributed by atoms with van der Waals surface area (Å²) < 4.78 is 0. The smallest absolute Gasteiger partial charge is 0.314 e. The minimum Gasteiger partial charge on any atom is -0.481 e. The van der Waals surface area contributed by atoms with Crippen molar-refractivity contribution in [3.8, 4) is 0 Å². The van der Waals surface area contributed by atoms with E-state index >= 15 is 0 Å². The second-order valence-electron chi connectivity index (χ2n) is 4.84. The van der Waals surface area contributed by atoms with Gasteiger partial charge < -0.3 is 21.5 Å². The van der Waals surface area contributed by atoms with Crippen LogP contribution < -0.4 is 16.4 Å². The molecular weight excluding hydrogens is 250 g/mol. The highest BCUT2D eigenvalue weighted by molar-refractivity contribution is 5.75. The molecule has 7 nitrogen and oxygen atoms in total. The minimum atomic E-state index is -0.786. The van der Waals surface area contributed by atoms with E-state index in [1.807, 2.05) is 0 Å². The van der Waals surface area contributed by atoms with Crippen molar-refractivity contribution < 1.29 is 19.5 Å². The normalized spacial score (nSPS) is 21.9. The fourth-order valence-electron chi connectivity index (χ4n) is 2.36. The topological polar surface area (TPSA) is 122 Å². The van der Waals surface area contributed by atoms with Crippen LogP contribution in [0.15, 0.2) is 0 Å². The Morgan fingerprint density at radius 1 is 1.21 bits per heavy atom. The first-order valence-electron chi connectivity index (χ1n) is 6.53. The summed E-state index contributed by atoms with van der Waals surface area (Å²) in [6.45, 7) is 0.750. The van der Waals surface area contributed by atoms with Gasteiger partial charge in [0.15, 0.2) is 0 Å². The molecule has 5 N–H and O–H groups in total. The van der Waals surface area contributed by atoms with E-state index in [-0.39, 0.29) is 24.3 Å². The van der Waals surface area contributed by atoms with E-state index in [9.17, 15) is 14.4 Å². The van der Waals surface area contributed by atoms with Crippen molar-refractivity contribution in [2.24, 2.45) is 17.6 Å². The Morgan fingerprint density at radius 3 is 2.58 bits per heavy atom. The molecule has 19 heavy (non-hydrogen) atoms. The van der Waals surface area contributed by atoms with E-state index in [4.69, 9.17) is 10.8 Å². The number of nitrogens with two attached hydrogens (primary N) is 1. The number of aliphatic carboxylic acids is 1. The number of rotatable bonds is 7. The Bertz CT molecular complexity index is 346. The minimum absolute atomic E-state index is 0.00821. The van der Waals surface area contributed by atoms with Crippen LogP contribution in [0.5, 0.6) is 0 Å². The van der Waals surface area contributed by atoms with Gasteiger partial charge in [0.1, 0.15) is 0 Å². The van der Waals surface area contributed by atoms with E-state index in [1.54, 1.807) is 0 Å². The van der Waals surface area contributed by atoms with Crippen molar-refractivity contribution in [3.05, 3.63) is 0 Å². The van der Waals surface area contributed by atoms with Gasteiger partial charge in [-0.25, -0.2) is 4.79 Å². The van der Waals surface area contributed by atoms with Crippen molar-refractivity contribution in [1.29, 1.82) is 0 Å². The first kappa shape index (κ1) is 15.3. The van der Waals surface area contributed by atoms with Gasteiger partial charge in [-0.05, 0) is 25.2 Å². The molecular formula is C12H21N3O4. The lowest BCUT2D eigenvalue weighted by atomic mass is 9.96. The molecule has 0 aromatic heterocycles. The number of nitrogens with one attached hydrogen (secondary N) is 2. The van der Waals surface area contributed by atoms with Crippen molar-refractivity contribution in [2.75, 3.05) is 13.1 Å². The van der Waals surface area contributed by atoms with E-state index in [1.165, 1.54) is 0 Å². The number of hydrogen-bond donors (Lipinski definition) is 4. The van der Waals surface area contributed by atoms with Gasteiger partial charge in [0, 0.05) is 19.5 Å². The molecule has 0 saturated heterocycles. The lowest BCUT2D eigenvalue weighted by Gasteiger charge is -2.16. The molecule has 3 amide bonds. The van der Waals surface area contributed by atoms with Gasteiger partial charge in [-0.15, -0.1) is 0 Å². The van der Waals surface area contributed by atoms with Crippen LogP contribution in [-0.4, -0.2) is 36.1 Å². The zero-order valence-corrected chi connectivity index (χ0v) is 10.9. The van der Waals surface area contributed by atoms with Crippen LogP contribution >= 0.6 is 0 Å². The average Bonchev–Trinajstić information content (AvgIpc) is 2.80. The highest BCUT2D eigenvalue weighted by atomic mass is 16.4. The number of hydrogen-bond acceptors (Lipinski definition) is 3. The Morgan fingerprint density at radius 2 is 1.95 bits per heavy atom. The molecule has 1 fully saturated rings. The van der Waals surface area contributed by atoms with Gasteiger partial charge in [0.05, 0.1) is 5.92 Å². The van der Waals surface area contributed by atoms with Crippen molar-refractivity contribution >= 4 is 17.9 Å². The maximum absolute atomic E-state index is 11.4. The quantitative estimate of drug-likeness (QED) is 0.489. The molecule has 0 bridgehead atoms. The van der Waals surface area contributed by atoms with Crippen molar-refractivity contribution in [2.45, 2.75) is 32.1 Å². The second kappa shape index (κ2) is 7.60. The number of carbonyl (C=O) groups excluding carboxylic acids is 2. The third kappa shape index (κ3) is 5.58. The summed E-state index contributed by atoms with van der Waals surface area (Å²) in [7, 11) is 0. The fourth-order valence-corrected chi connectivity index (χ4v) is 2.36. The molecule has 2 atom stereocenters. The van der Waals surface area contributed by atoms with Crippen LogP contribution in [0.25, 0.3) is 0 Å². The molecule has 1 aliphatic rings. The van der Waals surface area contributed by atoms with Crippen LogP contribution in [0.4, 0.5) is 4.79 Å². The summed E-state index contributed by atoms with van der Waals surface area (Å²) in [4.78, 5) is 32.9. The zero-order chi connectivity index (χ0) is 14.3. The predicted molar refractivity (Wildman–Crippen MR) is 68.3 cm³/mol. The van der Waals surface area contributed by atoms with E-state index in [2.05, 4.69) is 10.6 Å². The van der Waals surface area contributed by atoms with E-state index < -0.39 is 11.9 Å². The number of urea groups is 1. The summed E-state index contributed by atoms with van der Waals surface area (Å²) in [5.41, 5.74) is 4.97. The Labute approximate surface area is 111 Å². The molecule has 0 radical (unpaired) electrons. The molecule has 0 heterocycles. The van der Waals surface area contributed by atoms with Crippen LogP contribution in [0, 0.1) is 11.8 Å². The van der Waals surface area contributed by atoms with Gasteiger partial charge in [-0.1, -0.05) is 6.42 Å². The van der Waals surface area contributed by atoms with E-state index in [0.29, 0.717) is 25.9 Å². The average molecular weight is 271 g/mol. The van der Waals surface area contributed by atoms with E-state index in [0.717, 1.165) is 12.8 Å². The Hall–Kier alpha value is -1.79. The van der Waals surface area contributed by atoms with Gasteiger partial charge >= 0.3 is 12.0 Å². The zero-order valence-electron chi connectivity index (χ0n) is 10.9. The van der Waals surface area contributed by atoms with Crippen molar-refractivity contribution in [1.82, 2.24) is 10.6 Å². The van der Waals surface area contributed by atoms with Crippen molar-refractivity contribution in [3.63, 3.8) is 0 Å². The van der Waals surface area contributed by atoms with Gasteiger partial charge in [-0.2, -0.15) is 0 Å². The van der Waals surface area contributed by atoms with Crippen LogP contribution in [0.2, 0.25) is 0 Å². The third-order valence-corrected chi connectivity index (χ3v) is 3.39. The monoisotopic (exact) mass is 271 g/mol. The largest absolute Gasteiger partial charge is 0.481 e. The third-order valence-electron chi connectivity index (χ3n) is 3.39. The summed E-state index contributed by atoms with van der Waals surface area (Å²) >= 11 is 0. The molecule has 0 aliphatic heterocycles.